The summed E-state index contributed by atoms with van der Waals surface area (Å²) >= 11 is 0. The van der Waals surface area contributed by atoms with Gasteiger partial charge in [-0.15, -0.1) is 12.4 Å². The molecule has 0 spiro atoms. The fourth-order valence-electron chi connectivity index (χ4n) is 4.33. The van der Waals surface area contributed by atoms with E-state index in [0.29, 0.717) is 41.4 Å². The molecule has 1 N–H and O–H groups in total. The fraction of sp³-hybridized carbons (Fsp3) is 0.500. The van der Waals surface area contributed by atoms with Crippen molar-refractivity contribution in [1.29, 1.82) is 0 Å². The number of carbonyl (C=O) groups excluding carboxylic acids is 2. The van der Waals surface area contributed by atoms with Crippen molar-refractivity contribution in [1.82, 2.24) is 5.32 Å². The Bertz CT molecular complexity index is 982. The number of hydrogen-bond donors (Lipinski definition) is 1. The van der Waals surface area contributed by atoms with Crippen LogP contribution in [0.1, 0.15) is 52.0 Å². The molecule has 0 radical (unpaired) electrons. The number of carbonyl (C=O) groups is 2. The van der Waals surface area contributed by atoms with E-state index in [-0.39, 0.29) is 24.0 Å². The van der Waals surface area contributed by atoms with Crippen LogP contribution in [0.2, 0.25) is 0 Å². The average Bonchev–Trinajstić information content (AvgIpc) is 2.70. The number of halogens is 1. The zero-order valence-electron chi connectivity index (χ0n) is 18.3. The van der Waals surface area contributed by atoms with E-state index >= 15 is 0 Å². The molecule has 2 heterocycles. The van der Waals surface area contributed by atoms with Gasteiger partial charge in [0.25, 0.3) is 0 Å². The maximum Gasteiger partial charge on any atom is 0.311 e. The highest BCUT2D eigenvalue weighted by Gasteiger charge is 2.34. The zero-order valence-corrected chi connectivity index (χ0v) is 19.1. The third kappa shape index (κ3) is 5.13. The molecule has 31 heavy (non-hydrogen) atoms. The summed E-state index contributed by atoms with van der Waals surface area (Å²) in [6.07, 6.45) is 3.72. The summed E-state index contributed by atoms with van der Waals surface area (Å²) in [5.74, 6) is 0.901. The topological polar surface area (TPSA) is 73.9 Å². The van der Waals surface area contributed by atoms with Crippen molar-refractivity contribution in [2.45, 2.75) is 58.5 Å². The Kier molecular flexibility index (Phi) is 7.12. The van der Waals surface area contributed by atoms with E-state index in [1.165, 1.54) is 6.92 Å². The van der Waals surface area contributed by atoms with Crippen LogP contribution in [0.3, 0.4) is 0 Å². The van der Waals surface area contributed by atoms with Crippen LogP contribution in [0.25, 0.3) is 10.8 Å². The molecule has 2 aliphatic heterocycles. The molecular formula is C24H30ClNO5. The van der Waals surface area contributed by atoms with E-state index < -0.39 is 5.97 Å². The van der Waals surface area contributed by atoms with Crippen molar-refractivity contribution in [2.75, 3.05) is 13.1 Å². The first-order valence-electron chi connectivity index (χ1n) is 10.7. The number of fused-ring (bicyclic) bond motifs is 3. The molecule has 6 nitrogen and oxygen atoms in total. The molecule has 0 saturated carbocycles. The van der Waals surface area contributed by atoms with Crippen LogP contribution in [-0.4, -0.2) is 30.6 Å². The van der Waals surface area contributed by atoms with Crippen LogP contribution in [0, 0.1) is 5.92 Å². The molecule has 1 saturated heterocycles. The Morgan fingerprint density at radius 1 is 1.10 bits per heavy atom. The number of nitrogens with one attached hydrogen (secondary N) is 1. The molecule has 2 aromatic rings. The second kappa shape index (κ2) is 9.45. The Morgan fingerprint density at radius 3 is 2.45 bits per heavy atom. The minimum Gasteiger partial charge on any atom is -0.487 e. The van der Waals surface area contributed by atoms with Crippen LogP contribution in [0.4, 0.5) is 0 Å². The molecule has 0 bridgehead atoms. The zero-order chi connectivity index (χ0) is 21.3. The predicted octanol–water partition coefficient (Wildman–Crippen LogP) is 4.59. The molecule has 4 rings (SSSR count). The van der Waals surface area contributed by atoms with Gasteiger partial charge in [0.2, 0.25) is 0 Å². The van der Waals surface area contributed by atoms with Crippen molar-refractivity contribution in [3.63, 3.8) is 0 Å². The Labute approximate surface area is 189 Å². The third-order valence-corrected chi connectivity index (χ3v) is 5.90. The third-order valence-electron chi connectivity index (χ3n) is 5.90. The molecule has 0 aromatic heterocycles. The predicted molar refractivity (Wildman–Crippen MR) is 121 cm³/mol. The molecule has 0 amide bonds. The number of rotatable bonds is 4. The van der Waals surface area contributed by atoms with Gasteiger partial charge in [0.1, 0.15) is 11.4 Å². The second-order valence-electron chi connectivity index (χ2n) is 8.84. The van der Waals surface area contributed by atoms with Gasteiger partial charge in [-0.2, -0.15) is 0 Å². The Balaban J connectivity index is 0.00000272. The molecule has 2 aromatic carbocycles. The van der Waals surface area contributed by atoms with E-state index in [4.69, 9.17) is 14.2 Å². The minimum atomic E-state index is -0.451. The molecular weight excluding hydrogens is 418 g/mol. The smallest absolute Gasteiger partial charge is 0.311 e. The number of benzene rings is 2. The average molecular weight is 448 g/mol. The van der Waals surface area contributed by atoms with Gasteiger partial charge in [0.05, 0.1) is 0 Å². The van der Waals surface area contributed by atoms with Gasteiger partial charge in [-0.1, -0.05) is 24.3 Å². The molecule has 2 aliphatic rings. The van der Waals surface area contributed by atoms with Crippen LogP contribution in [0.5, 0.6) is 17.2 Å². The lowest BCUT2D eigenvalue weighted by molar-refractivity contribution is -0.137. The van der Waals surface area contributed by atoms with Crippen LogP contribution in [-0.2, 0) is 16.0 Å². The molecule has 1 fully saturated rings. The van der Waals surface area contributed by atoms with Crippen molar-refractivity contribution < 1.29 is 23.8 Å². The largest absolute Gasteiger partial charge is 0.487 e. The second-order valence-corrected chi connectivity index (χ2v) is 8.84. The lowest BCUT2D eigenvalue weighted by Crippen LogP contribution is -2.33. The standard InChI is InChI=1S/C24H29NO5.ClH/c1-15(26)28-23-19-8-11-24(2,3)30-21(19)17-6-4-5-7-18(17)22(23)29-20(27)14-16-9-12-25-13-10-16;/h4-7,16,25H,8-14H2,1-3H3;1H. The molecule has 168 valence electrons. The Morgan fingerprint density at radius 2 is 1.77 bits per heavy atom. The van der Waals surface area contributed by atoms with Crippen molar-refractivity contribution in [2.24, 2.45) is 5.92 Å². The first kappa shape index (κ1) is 23.4. The van der Waals surface area contributed by atoms with Crippen LogP contribution < -0.4 is 19.5 Å². The van der Waals surface area contributed by atoms with Gasteiger partial charge in [-0.25, -0.2) is 0 Å². The van der Waals surface area contributed by atoms with Crippen molar-refractivity contribution in [3.8, 4) is 17.2 Å². The van der Waals surface area contributed by atoms with E-state index in [1.807, 2.05) is 38.1 Å². The SMILES string of the molecule is CC(=O)Oc1c2c(c3ccccc3c1OC(=O)CC1CCNCC1)OC(C)(C)CC2.Cl. The number of piperidine rings is 1. The number of esters is 2. The summed E-state index contributed by atoms with van der Waals surface area (Å²) in [5.41, 5.74) is 0.462. The maximum atomic E-state index is 12.8. The van der Waals surface area contributed by atoms with Crippen LogP contribution >= 0.6 is 12.4 Å². The quantitative estimate of drug-likeness (QED) is 0.546. The van der Waals surface area contributed by atoms with E-state index in [1.54, 1.807) is 0 Å². The Hall–Kier alpha value is -2.31. The van der Waals surface area contributed by atoms with Crippen molar-refractivity contribution >= 4 is 35.1 Å². The van der Waals surface area contributed by atoms with Gasteiger partial charge in [-0.05, 0) is 58.5 Å². The number of ether oxygens (including phenoxy) is 3. The van der Waals surface area contributed by atoms with E-state index in [9.17, 15) is 9.59 Å². The van der Waals surface area contributed by atoms with Gasteiger partial charge in [-0.3, -0.25) is 9.59 Å². The minimum absolute atomic E-state index is 0. The summed E-state index contributed by atoms with van der Waals surface area (Å²) in [7, 11) is 0. The summed E-state index contributed by atoms with van der Waals surface area (Å²) in [4.78, 5) is 24.7. The van der Waals surface area contributed by atoms with Crippen LogP contribution in [0.15, 0.2) is 24.3 Å². The monoisotopic (exact) mass is 447 g/mol. The first-order chi connectivity index (χ1) is 14.3. The summed E-state index contributed by atoms with van der Waals surface area (Å²) in [5, 5.41) is 4.88. The van der Waals surface area contributed by atoms with Gasteiger partial charge >= 0.3 is 11.9 Å². The van der Waals surface area contributed by atoms with Gasteiger partial charge in [0.15, 0.2) is 11.5 Å². The maximum absolute atomic E-state index is 12.8. The van der Waals surface area contributed by atoms with E-state index in [0.717, 1.165) is 43.3 Å². The van der Waals surface area contributed by atoms with Gasteiger partial charge < -0.3 is 19.5 Å². The summed E-state index contributed by atoms with van der Waals surface area (Å²) in [6.45, 7) is 7.29. The summed E-state index contributed by atoms with van der Waals surface area (Å²) < 4.78 is 17.8. The summed E-state index contributed by atoms with van der Waals surface area (Å²) in [6, 6.07) is 7.64. The number of hydrogen-bond acceptors (Lipinski definition) is 6. The van der Waals surface area contributed by atoms with E-state index in [2.05, 4.69) is 5.32 Å². The lowest BCUT2D eigenvalue weighted by Gasteiger charge is -2.34. The molecule has 7 heteroatoms. The van der Waals surface area contributed by atoms with Crippen molar-refractivity contribution in [3.05, 3.63) is 29.8 Å². The first-order valence-corrected chi connectivity index (χ1v) is 10.7. The highest BCUT2D eigenvalue weighted by molar-refractivity contribution is 5.99. The van der Waals surface area contributed by atoms with Gasteiger partial charge in [0, 0.05) is 29.7 Å². The highest BCUT2D eigenvalue weighted by Crippen LogP contribution is 2.50. The highest BCUT2D eigenvalue weighted by atomic mass is 35.5. The molecule has 0 atom stereocenters. The molecule has 0 aliphatic carbocycles. The fourth-order valence-corrected chi connectivity index (χ4v) is 4.33. The normalized spacial score (nSPS) is 17.8. The lowest BCUT2D eigenvalue weighted by atomic mass is 9.91. The molecule has 0 unspecified atom stereocenters.